The third-order valence-electron chi connectivity index (χ3n) is 6.45. The molecule has 0 saturated carbocycles. The van der Waals surface area contributed by atoms with Crippen molar-refractivity contribution in [2.45, 2.75) is 45.6 Å². The Labute approximate surface area is 220 Å². The van der Waals surface area contributed by atoms with Crippen LogP contribution in [0.4, 0.5) is 5.69 Å². The predicted octanol–water partition coefficient (Wildman–Crippen LogP) is 6.06. The van der Waals surface area contributed by atoms with E-state index in [1.54, 1.807) is 0 Å². The van der Waals surface area contributed by atoms with E-state index in [2.05, 4.69) is 15.3 Å². The van der Waals surface area contributed by atoms with E-state index in [0.29, 0.717) is 24.3 Å². The lowest BCUT2D eigenvalue weighted by molar-refractivity contribution is 0.0713. The molecule has 7 nitrogen and oxygen atoms in total. The van der Waals surface area contributed by atoms with Crippen molar-refractivity contribution >= 4 is 39.7 Å². The molecule has 0 atom stereocenters. The Balaban J connectivity index is 1.20. The lowest BCUT2D eigenvalue weighted by Gasteiger charge is -2.31. The molecule has 1 N–H and O–H groups in total. The number of fused-ring (bicyclic) bond motifs is 1. The Morgan fingerprint density at radius 2 is 1.78 bits per heavy atom. The van der Waals surface area contributed by atoms with Gasteiger partial charge in [-0.2, -0.15) is 0 Å². The first kappa shape index (κ1) is 24.9. The van der Waals surface area contributed by atoms with Crippen molar-refractivity contribution < 1.29 is 14.3 Å². The Bertz CT molecular complexity index is 1420. The summed E-state index contributed by atoms with van der Waals surface area (Å²) in [5.74, 6) is 0.812. The summed E-state index contributed by atoms with van der Waals surface area (Å²) in [5, 5.41) is 6.68. The van der Waals surface area contributed by atoms with Crippen LogP contribution in [0.15, 0.2) is 60.0 Å². The number of anilines is 1. The van der Waals surface area contributed by atoms with Crippen molar-refractivity contribution in [3.05, 3.63) is 81.9 Å². The van der Waals surface area contributed by atoms with Crippen LogP contribution < -0.4 is 10.1 Å². The second-order valence-electron chi connectivity index (χ2n) is 9.61. The van der Waals surface area contributed by atoms with E-state index in [1.807, 2.05) is 85.6 Å². The smallest absolute Gasteiger partial charge is 0.275 e. The Kier molecular flexibility index (Phi) is 7.19. The fourth-order valence-corrected chi connectivity index (χ4v) is 5.61. The van der Waals surface area contributed by atoms with Gasteiger partial charge in [-0.1, -0.05) is 18.2 Å². The summed E-state index contributed by atoms with van der Waals surface area (Å²) in [6.45, 7) is 7.19. The zero-order valence-corrected chi connectivity index (χ0v) is 22.0. The van der Waals surface area contributed by atoms with Crippen molar-refractivity contribution in [3.63, 3.8) is 0 Å². The van der Waals surface area contributed by atoms with Gasteiger partial charge in [-0.25, -0.2) is 4.98 Å². The van der Waals surface area contributed by atoms with Crippen molar-refractivity contribution in [3.8, 4) is 5.75 Å². The first-order chi connectivity index (χ1) is 17.9. The molecule has 8 heteroatoms. The molecule has 1 saturated heterocycles. The topological polar surface area (TPSA) is 84.4 Å². The minimum atomic E-state index is -0.226. The van der Waals surface area contributed by atoms with Crippen LogP contribution >= 0.6 is 11.3 Å². The molecule has 4 aromatic rings. The Morgan fingerprint density at radius 3 is 2.51 bits per heavy atom. The molecule has 37 heavy (non-hydrogen) atoms. The molecular weight excluding hydrogens is 484 g/mol. The fraction of sp³-hybridized carbons (Fsp3) is 0.310. The van der Waals surface area contributed by atoms with Crippen molar-refractivity contribution in [2.75, 3.05) is 18.4 Å². The van der Waals surface area contributed by atoms with Crippen molar-refractivity contribution in [1.29, 1.82) is 0 Å². The molecule has 0 radical (unpaired) electrons. The number of carbonyl (C=O) groups is 2. The molecule has 0 spiro atoms. The van der Waals surface area contributed by atoms with Crippen LogP contribution in [0, 0.1) is 6.92 Å². The summed E-state index contributed by atoms with van der Waals surface area (Å²) in [6.07, 6.45) is 1.74. The number of para-hydroxylation sites is 1. The van der Waals surface area contributed by atoms with Gasteiger partial charge in [0.1, 0.15) is 11.4 Å². The monoisotopic (exact) mass is 514 g/mol. The number of hydrogen-bond donors (Lipinski definition) is 1. The number of carbonyl (C=O) groups excluding carboxylic acids is 2. The van der Waals surface area contributed by atoms with E-state index in [0.717, 1.165) is 45.9 Å². The van der Waals surface area contributed by atoms with E-state index < -0.39 is 0 Å². The number of likely N-dealkylation sites (tertiary alicyclic amines) is 1. The first-order valence-electron chi connectivity index (χ1n) is 12.6. The molecule has 0 unspecified atom stereocenters. The number of rotatable bonds is 6. The maximum atomic E-state index is 13.0. The van der Waals surface area contributed by atoms with E-state index >= 15 is 0 Å². The van der Waals surface area contributed by atoms with Crippen LogP contribution in [0.1, 0.15) is 64.2 Å². The van der Waals surface area contributed by atoms with Gasteiger partial charge in [0.05, 0.1) is 22.3 Å². The SMILES string of the molecule is Cc1cc(NC(=O)c2csc(C3CCN(C(=O)c4ccc(OC(C)C)cc4)CC3)n2)c2ccccc2n1. The van der Waals surface area contributed by atoms with Gasteiger partial charge in [0.25, 0.3) is 11.8 Å². The number of aryl methyl sites for hydroxylation is 1. The number of aromatic nitrogens is 2. The summed E-state index contributed by atoms with van der Waals surface area (Å²) in [5.41, 5.74) is 3.51. The maximum absolute atomic E-state index is 13.0. The molecule has 2 aromatic heterocycles. The number of benzene rings is 2. The molecule has 2 amide bonds. The van der Waals surface area contributed by atoms with Gasteiger partial charge in [-0.15, -0.1) is 11.3 Å². The Morgan fingerprint density at radius 1 is 1.05 bits per heavy atom. The third kappa shape index (κ3) is 5.64. The van der Waals surface area contributed by atoms with Gasteiger partial charge in [-0.05, 0) is 70.0 Å². The fourth-order valence-electron chi connectivity index (χ4n) is 4.64. The van der Waals surface area contributed by atoms with Crippen LogP contribution in [-0.4, -0.2) is 45.9 Å². The van der Waals surface area contributed by atoms with Gasteiger partial charge in [-0.3, -0.25) is 14.6 Å². The van der Waals surface area contributed by atoms with Gasteiger partial charge in [0, 0.05) is 41.0 Å². The highest BCUT2D eigenvalue weighted by atomic mass is 32.1. The quantitative estimate of drug-likeness (QED) is 0.338. The zero-order valence-electron chi connectivity index (χ0n) is 21.2. The molecule has 190 valence electrons. The van der Waals surface area contributed by atoms with E-state index in [9.17, 15) is 9.59 Å². The summed E-state index contributed by atoms with van der Waals surface area (Å²) in [6, 6.07) is 17.0. The van der Waals surface area contributed by atoms with Crippen molar-refractivity contribution in [2.24, 2.45) is 0 Å². The lowest BCUT2D eigenvalue weighted by atomic mass is 9.97. The number of ether oxygens (including phenoxy) is 1. The average Bonchev–Trinajstić information content (AvgIpc) is 3.39. The number of pyridine rings is 1. The van der Waals surface area contributed by atoms with Crippen LogP contribution in [0.5, 0.6) is 5.75 Å². The van der Waals surface area contributed by atoms with Crippen LogP contribution in [-0.2, 0) is 0 Å². The third-order valence-corrected chi connectivity index (χ3v) is 7.46. The molecular formula is C29H30N4O3S. The minimum absolute atomic E-state index is 0.0358. The van der Waals surface area contributed by atoms with Crippen LogP contribution in [0.25, 0.3) is 10.9 Å². The number of thiazole rings is 1. The molecule has 1 fully saturated rings. The van der Waals surface area contributed by atoms with Gasteiger partial charge in [0.2, 0.25) is 0 Å². The largest absolute Gasteiger partial charge is 0.491 e. The summed E-state index contributed by atoms with van der Waals surface area (Å²) in [7, 11) is 0. The first-order valence-corrected chi connectivity index (χ1v) is 13.4. The molecule has 1 aliphatic rings. The highest BCUT2D eigenvalue weighted by molar-refractivity contribution is 7.10. The summed E-state index contributed by atoms with van der Waals surface area (Å²) >= 11 is 1.51. The minimum Gasteiger partial charge on any atom is -0.491 e. The highest BCUT2D eigenvalue weighted by Gasteiger charge is 2.27. The molecule has 3 heterocycles. The van der Waals surface area contributed by atoms with E-state index in [4.69, 9.17) is 4.74 Å². The molecule has 1 aliphatic heterocycles. The maximum Gasteiger partial charge on any atom is 0.275 e. The predicted molar refractivity (Wildman–Crippen MR) is 147 cm³/mol. The Hall–Kier alpha value is -3.78. The van der Waals surface area contributed by atoms with Crippen LogP contribution in [0.3, 0.4) is 0 Å². The summed E-state index contributed by atoms with van der Waals surface area (Å²) < 4.78 is 5.67. The number of hydrogen-bond acceptors (Lipinski definition) is 6. The highest BCUT2D eigenvalue weighted by Crippen LogP contribution is 2.31. The zero-order chi connectivity index (χ0) is 25.9. The van der Waals surface area contributed by atoms with E-state index in [-0.39, 0.29) is 23.8 Å². The van der Waals surface area contributed by atoms with Crippen LogP contribution in [0.2, 0.25) is 0 Å². The molecule has 2 aromatic carbocycles. The second kappa shape index (κ2) is 10.7. The van der Waals surface area contributed by atoms with Gasteiger partial charge >= 0.3 is 0 Å². The number of nitrogens with one attached hydrogen (secondary N) is 1. The van der Waals surface area contributed by atoms with Gasteiger partial charge in [0.15, 0.2) is 0 Å². The van der Waals surface area contributed by atoms with Crippen molar-refractivity contribution in [1.82, 2.24) is 14.9 Å². The average molecular weight is 515 g/mol. The number of nitrogens with zero attached hydrogens (tertiary/aromatic N) is 3. The number of amides is 2. The summed E-state index contributed by atoms with van der Waals surface area (Å²) in [4.78, 5) is 37.1. The standard InChI is InChI=1S/C29H30N4O3S/c1-18(2)36-22-10-8-21(9-11-22)29(35)33-14-12-20(13-15-33)28-32-26(17-37-28)27(34)31-25-16-19(3)30-24-7-5-4-6-23(24)25/h4-11,16-18,20H,12-15H2,1-3H3,(H,30,31,34). The molecule has 0 aliphatic carbocycles. The molecule has 0 bridgehead atoms. The van der Waals surface area contributed by atoms with E-state index in [1.165, 1.54) is 11.3 Å². The number of piperidine rings is 1. The lowest BCUT2D eigenvalue weighted by Crippen LogP contribution is -2.37. The second-order valence-corrected chi connectivity index (χ2v) is 10.5. The normalized spacial score (nSPS) is 14.2. The van der Waals surface area contributed by atoms with Gasteiger partial charge < -0.3 is 15.0 Å². The molecule has 5 rings (SSSR count).